The van der Waals surface area contributed by atoms with Crippen molar-refractivity contribution in [1.29, 1.82) is 0 Å². The third kappa shape index (κ3) is 2.53. The van der Waals surface area contributed by atoms with Gasteiger partial charge in [0, 0.05) is 0 Å². The van der Waals surface area contributed by atoms with Crippen LogP contribution in [0.4, 0.5) is 8.78 Å². The standard InChI is InChI=1S/C10H9F2NO3/c1-5(10(15)16)13-9(14)8-6(11)3-2-4-7(8)12/h2-5H,1H3,(H,13,14)(H,15,16). The van der Waals surface area contributed by atoms with Crippen molar-refractivity contribution in [2.24, 2.45) is 0 Å². The Morgan fingerprint density at radius 2 is 1.81 bits per heavy atom. The van der Waals surface area contributed by atoms with Crippen LogP contribution in [0, 0.1) is 11.6 Å². The molecule has 6 heteroatoms. The van der Waals surface area contributed by atoms with Crippen LogP contribution in [0.3, 0.4) is 0 Å². The molecule has 0 saturated heterocycles. The van der Waals surface area contributed by atoms with E-state index in [1.807, 2.05) is 5.32 Å². The molecule has 0 spiro atoms. The number of halogens is 2. The molecule has 0 aromatic heterocycles. The monoisotopic (exact) mass is 229 g/mol. The van der Waals surface area contributed by atoms with Gasteiger partial charge in [0.25, 0.3) is 5.91 Å². The number of hydrogen-bond donors (Lipinski definition) is 2. The van der Waals surface area contributed by atoms with E-state index in [2.05, 4.69) is 0 Å². The Balaban J connectivity index is 2.93. The molecule has 1 unspecified atom stereocenters. The summed E-state index contributed by atoms with van der Waals surface area (Å²) in [5.74, 6) is -4.44. The van der Waals surface area contributed by atoms with E-state index in [4.69, 9.17) is 5.11 Å². The maximum absolute atomic E-state index is 13.1. The Morgan fingerprint density at radius 3 is 2.25 bits per heavy atom. The number of benzene rings is 1. The molecule has 0 saturated carbocycles. The molecule has 1 aromatic rings. The van der Waals surface area contributed by atoms with Gasteiger partial charge in [-0.3, -0.25) is 9.59 Å². The summed E-state index contributed by atoms with van der Waals surface area (Å²) in [6.45, 7) is 1.19. The molecule has 1 aromatic carbocycles. The van der Waals surface area contributed by atoms with Crippen LogP contribution in [0.1, 0.15) is 17.3 Å². The maximum atomic E-state index is 13.1. The molecule has 0 fully saturated rings. The highest BCUT2D eigenvalue weighted by Gasteiger charge is 2.20. The SMILES string of the molecule is CC(NC(=O)c1c(F)cccc1F)C(=O)O. The van der Waals surface area contributed by atoms with Crippen LogP contribution in [0.15, 0.2) is 18.2 Å². The molecule has 4 nitrogen and oxygen atoms in total. The van der Waals surface area contributed by atoms with Gasteiger partial charge in [-0.1, -0.05) is 6.07 Å². The van der Waals surface area contributed by atoms with Gasteiger partial charge in [0.15, 0.2) is 0 Å². The van der Waals surface area contributed by atoms with Crippen LogP contribution in [-0.4, -0.2) is 23.0 Å². The van der Waals surface area contributed by atoms with E-state index in [-0.39, 0.29) is 0 Å². The summed E-state index contributed by atoms with van der Waals surface area (Å²) in [5, 5.41) is 10.5. The lowest BCUT2D eigenvalue weighted by molar-refractivity contribution is -0.138. The predicted molar refractivity (Wildman–Crippen MR) is 50.9 cm³/mol. The lowest BCUT2D eigenvalue weighted by atomic mass is 10.1. The van der Waals surface area contributed by atoms with Crippen molar-refractivity contribution in [1.82, 2.24) is 5.32 Å². The Hall–Kier alpha value is -1.98. The van der Waals surface area contributed by atoms with Gasteiger partial charge in [-0.05, 0) is 19.1 Å². The van der Waals surface area contributed by atoms with Gasteiger partial charge in [0.1, 0.15) is 23.2 Å². The van der Waals surface area contributed by atoms with Crippen LogP contribution >= 0.6 is 0 Å². The Kier molecular flexibility index (Phi) is 3.55. The highest BCUT2D eigenvalue weighted by atomic mass is 19.1. The summed E-state index contributed by atoms with van der Waals surface area (Å²) in [4.78, 5) is 21.8. The highest BCUT2D eigenvalue weighted by Crippen LogP contribution is 2.11. The average Bonchev–Trinajstić information content (AvgIpc) is 2.16. The van der Waals surface area contributed by atoms with Gasteiger partial charge in [-0.2, -0.15) is 0 Å². The summed E-state index contributed by atoms with van der Waals surface area (Å²) in [6, 6.07) is 1.74. The van der Waals surface area contributed by atoms with Crippen molar-refractivity contribution in [3.63, 3.8) is 0 Å². The fourth-order valence-corrected chi connectivity index (χ4v) is 1.05. The number of carboxylic acids is 1. The number of hydrogen-bond acceptors (Lipinski definition) is 2. The first kappa shape index (κ1) is 12.1. The molecule has 16 heavy (non-hydrogen) atoms. The molecule has 0 aliphatic rings. The molecule has 86 valence electrons. The highest BCUT2D eigenvalue weighted by molar-refractivity contribution is 5.96. The van der Waals surface area contributed by atoms with E-state index >= 15 is 0 Å². The molecule has 0 aliphatic heterocycles. The molecular weight excluding hydrogens is 220 g/mol. The second kappa shape index (κ2) is 4.69. The fraction of sp³-hybridized carbons (Fsp3) is 0.200. The van der Waals surface area contributed by atoms with E-state index in [0.29, 0.717) is 0 Å². The Labute approximate surface area is 89.9 Å². The summed E-state index contributed by atoms with van der Waals surface area (Å²) in [5.41, 5.74) is -0.782. The molecule has 0 heterocycles. The third-order valence-electron chi connectivity index (χ3n) is 1.91. The largest absolute Gasteiger partial charge is 0.480 e. The molecule has 1 atom stereocenters. The van der Waals surface area contributed by atoms with E-state index in [1.54, 1.807) is 0 Å². The number of carbonyl (C=O) groups excluding carboxylic acids is 1. The van der Waals surface area contributed by atoms with Crippen molar-refractivity contribution in [3.05, 3.63) is 35.4 Å². The first-order chi connectivity index (χ1) is 7.43. The molecule has 1 rings (SSSR count). The van der Waals surface area contributed by atoms with Gasteiger partial charge >= 0.3 is 5.97 Å². The fourth-order valence-electron chi connectivity index (χ4n) is 1.05. The van der Waals surface area contributed by atoms with Crippen LogP contribution in [0.2, 0.25) is 0 Å². The zero-order chi connectivity index (χ0) is 12.3. The van der Waals surface area contributed by atoms with Crippen molar-refractivity contribution >= 4 is 11.9 Å². The van der Waals surface area contributed by atoms with Gasteiger partial charge in [0.2, 0.25) is 0 Å². The Morgan fingerprint density at radius 1 is 1.31 bits per heavy atom. The van der Waals surface area contributed by atoms with Crippen molar-refractivity contribution in [3.8, 4) is 0 Å². The van der Waals surface area contributed by atoms with Crippen LogP contribution in [0.5, 0.6) is 0 Å². The summed E-state index contributed by atoms with van der Waals surface area (Å²) in [7, 11) is 0. The topological polar surface area (TPSA) is 66.4 Å². The summed E-state index contributed by atoms with van der Waals surface area (Å²) in [6.07, 6.45) is 0. The smallest absolute Gasteiger partial charge is 0.325 e. The van der Waals surface area contributed by atoms with E-state index in [9.17, 15) is 18.4 Å². The molecule has 2 N–H and O–H groups in total. The minimum Gasteiger partial charge on any atom is -0.480 e. The minimum absolute atomic E-state index is 0.782. The van der Waals surface area contributed by atoms with E-state index in [0.717, 1.165) is 18.2 Å². The van der Waals surface area contributed by atoms with Gasteiger partial charge in [-0.15, -0.1) is 0 Å². The van der Waals surface area contributed by atoms with Gasteiger partial charge in [0.05, 0.1) is 0 Å². The number of carbonyl (C=O) groups is 2. The van der Waals surface area contributed by atoms with Crippen LogP contribution in [0.25, 0.3) is 0 Å². The summed E-state index contributed by atoms with van der Waals surface area (Å²) < 4.78 is 26.2. The van der Waals surface area contributed by atoms with Crippen molar-refractivity contribution < 1.29 is 23.5 Å². The molecule has 0 bridgehead atoms. The lowest BCUT2D eigenvalue weighted by Crippen LogP contribution is -2.39. The normalized spacial score (nSPS) is 11.9. The van der Waals surface area contributed by atoms with E-state index in [1.165, 1.54) is 6.92 Å². The number of aliphatic carboxylic acids is 1. The first-order valence-corrected chi connectivity index (χ1v) is 4.41. The number of rotatable bonds is 3. The predicted octanol–water partition coefficient (Wildman–Crippen LogP) is 1.17. The summed E-state index contributed by atoms with van der Waals surface area (Å²) >= 11 is 0. The molecule has 0 aliphatic carbocycles. The lowest BCUT2D eigenvalue weighted by Gasteiger charge is -2.10. The number of carboxylic acid groups (broad SMARTS) is 1. The van der Waals surface area contributed by atoms with Crippen molar-refractivity contribution in [2.75, 3.05) is 0 Å². The molecule has 0 radical (unpaired) electrons. The van der Waals surface area contributed by atoms with Gasteiger partial charge < -0.3 is 10.4 Å². The number of nitrogens with one attached hydrogen (secondary N) is 1. The zero-order valence-electron chi connectivity index (χ0n) is 8.33. The maximum Gasteiger partial charge on any atom is 0.325 e. The van der Waals surface area contributed by atoms with Crippen LogP contribution in [-0.2, 0) is 4.79 Å². The van der Waals surface area contributed by atoms with Gasteiger partial charge in [-0.25, -0.2) is 8.78 Å². The average molecular weight is 229 g/mol. The van der Waals surface area contributed by atoms with Crippen LogP contribution < -0.4 is 5.32 Å². The third-order valence-corrected chi connectivity index (χ3v) is 1.91. The zero-order valence-corrected chi connectivity index (χ0v) is 8.33. The van der Waals surface area contributed by atoms with Crippen molar-refractivity contribution in [2.45, 2.75) is 13.0 Å². The second-order valence-electron chi connectivity index (χ2n) is 3.13. The number of amides is 1. The quantitative estimate of drug-likeness (QED) is 0.817. The Bertz CT molecular complexity index is 414. The minimum atomic E-state index is -1.29. The molecule has 1 amide bonds. The second-order valence-corrected chi connectivity index (χ2v) is 3.13. The first-order valence-electron chi connectivity index (χ1n) is 4.41. The molecular formula is C10H9F2NO3. The van der Waals surface area contributed by atoms with E-state index < -0.39 is 35.1 Å².